The molecule has 0 aliphatic rings. The summed E-state index contributed by atoms with van der Waals surface area (Å²) < 4.78 is 6.07. The van der Waals surface area contributed by atoms with E-state index in [4.69, 9.17) is 4.74 Å². The summed E-state index contributed by atoms with van der Waals surface area (Å²) in [5.74, 6) is 1.02. The van der Waals surface area contributed by atoms with E-state index in [1.807, 2.05) is 78.9 Å². The molecule has 0 saturated heterocycles. The van der Waals surface area contributed by atoms with Crippen LogP contribution in [0.3, 0.4) is 0 Å². The highest BCUT2D eigenvalue weighted by Gasteiger charge is 2.10. The van der Waals surface area contributed by atoms with Crippen LogP contribution in [0.1, 0.15) is 5.56 Å². The van der Waals surface area contributed by atoms with Gasteiger partial charge in [-0.15, -0.1) is 0 Å². The number of nitrogens with one attached hydrogen (secondary N) is 1. The molecule has 0 radical (unpaired) electrons. The first-order chi connectivity index (χ1) is 16.2. The molecule has 0 amide bonds. The van der Waals surface area contributed by atoms with Gasteiger partial charge >= 0.3 is 0 Å². The third-order valence-corrected chi connectivity index (χ3v) is 6.13. The number of anilines is 2. The number of pyridine rings is 2. The van der Waals surface area contributed by atoms with Crippen LogP contribution in [0.15, 0.2) is 113 Å². The molecule has 2 heterocycles. The lowest BCUT2D eigenvalue weighted by Gasteiger charge is -2.15. The maximum absolute atomic E-state index is 9.61. The molecule has 0 aliphatic carbocycles. The molecule has 0 aliphatic heterocycles. The molecule has 2 N–H and O–H groups in total. The van der Waals surface area contributed by atoms with Crippen molar-refractivity contribution < 1.29 is 9.84 Å². The van der Waals surface area contributed by atoms with Crippen molar-refractivity contribution in [3.8, 4) is 11.5 Å². The van der Waals surface area contributed by atoms with E-state index in [1.165, 1.54) is 0 Å². The maximum atomic E-state index is 9.61. The molecule has 5 aromatic rings. The summed E-state index contributed by atoms with van der Waals surface area (Å²) in [6.45, 7) is 0.493. The van der Waals surface area contributed by atoms with Crippen LogP contribution in [-0.4, -0.2) is 15.1 Å². The van der Waals surface area contributed by atoms with Gasteiger partial charge in [0.15, 0.2) is 5.65 Å². The van der Waals surface area contributed by atoms with Crippen molar-refractivity contribution in [2.24, 2.45) is 0 Å². The van der Waals surface area contributed by atoms with Crippen LogP contribution in [0.5, 0.6) is 11.5 Å². The predicted octanol–water partition coefficient (Wildman–Crippen LogP) is 6.81. The topological polar surface area (TPSA) is 67.3 Å². The van der Waals surface area contributed by atoms with Gasteiger partial charge in [-0.25, -0.2) is 9.97 Å². The lowest BCUT2D eigenvalue weighted by Crippen LogP contribution is -1.98. The van der Waals surface area contributed by atoms with E-state index in [1.54, 1.807) is 36.3 Å². The van der Waals surface area contributed by atoms with Crippen LogP contribution >= 0.6 is 11.8 Å². The van der Waals surface area contributed by atoms with Crippen molar-refractivity contribution in [1.82, 2.24) is 9.97 Å². The molecule has 0 unspecified atom stereocenters. The molecule has 162 valence electrons. The zero-order chi connectivity index (χ0) is 22.5. The molecule has 6 heteroatoms. The summed E-state index contributed by atoms with van der Waals surface area (Å²) in [6.07, 6.45) is 3.49. The molecule has 3 aromatic carbocycles. The highest BCUT2D eigenvalue weighted by atomic mass is 32.2. The Hall–Kier alpha value is -4.03. The standard InChI is InChI=1S/C27H21N3O2S/c31-20-8-11-22(12-9-20)33-26-13-10-21(32-18-19-5-2-1-3-6-19)17-25(26)30-24-14-16-29-27-23(24)7-4-15-28-27/h1-17,31H,18H2,(H,28,29,30). The Kier molecular flexibility index (Phi) is 6.08. The van der Waals surface area contributed by atoms with Gasteiger partial charge in [-0.2, -0.15) is 0 Å². The molecular formula is C27H21N3O2S. The number of aromatic hydroxyl groups is 1. The lowest BCUT2D eigenvalue weighted by atomic mass is 10.2. The average molecular weight is 452 g/mol. The fourth-order valence-corrected chi connectivity index (χ4v) is 4.29. The van der Waals surface area contributed by atoms with E-state index in [0.717, 1.165) is 37.9 Å². The van der Waals surface area contributed by atoms with E-state index in [2.05, 4.69) is 15.3 Å². The first-order valence-corrected chi connectivity index (χ1v) is 11.3. The molecule has 5 nitrogen and oxygen atoms in total. The van der Waals surface area contributed by atoms with Gasteiger partial charge in [0.2, 0.25) is 0 Å². The van der Waals surface area contributed by atoms with Crippen LogP contribution in [0.4, 0.5) is 11.4 Å². The van der Waals surface area contributed by atoms with Gasteiger partial charge in [0.05, 0.1) is 11.4 Å². The van der Waals surface area contributed by atoms with Crippen molar-refractivity contribution in [1.29, 1.82) is 0 Å². The van der Waals surface area contributed by atoms with Gasteiger partial charge in [-0.05, 0) is 60.2 Å². The monoisotopic (exact) mass is 451 g/mol. The number of hydrogen-bond donors (Lipinski definition) is 2. The number of phenols is 1. The summed E-state index contributed by atoms with van der Waals surface area (Å²) in [5.41, 5.74) is 3.63. The Morgan fingerprint density at radius 2 is 1.61 bits per heavy atom. The van der Waals surface area contributed by atoms with Crippen molar-refractivity contribution >= 4 is 34.2 Å². The summed E-state index contributed by atoms with van der Waals surface area (Å²) in [4.78, 5) is 10.8. The normalized spacial score (nSPS) is 10.8. The Morgan fingerprint density at radius 3 is 2.45 bits per heavy atom. The molecule has 0 bridgehead atoms. The highest BCUT2D eigenvalue weighted by Crippen LogP contribution is 2.38. The molecule has 0 atom stereocenters. The quantitative estimate of drug-likeness (QED) is 0.283. The van der Waals surface area contributed by atoms with Crippen LogP contribution in [0.2, 0.25) is 0 Å². The van der Waals surface area contributed by atoms with Crippen molar-refractivity contribution in [3.63, 3.8) is 0 Å². The summed E-state index contributed by atoms with van der Waals surface area (Å²) >= 11 is 1.61. The number of aromatic nitrogens is 2. The third-order valence-electron chi connectivity index (χ3n) is 5.05. The number of nitrogens with zero attached hydrogens (tertiary/aromatic N) is 2. The fourth-order valence-electron chi connectivity index (χ4n) is 3.40. The minimum absolute atomic E-state index is 0.248. The minimum Gasteiger partial charge on any atom is -0.508 e. The number of rotatable bonds is 7. The van der Waals surface area contributed by atoms with Gasteiger partial charge in [-0.1, -0.05) is 42.1 Å². The van der Waals surface area contributed by atoms with Crippen LogP contribution in [0, 0.1) is 0 Å². The Morgan fingerprint density at radius 1 is 0.788 bits per heavy atom. The molecule has 33 heavy (non-hydrogen) atoms. The highest BCUT2D eigenvalue weighted by molar-refractivity contribution is 7.99. The second-order valence-electron chi connectivity index (χ2n) is 7.39. The molecule has 2 aromatic heterocycles. The second-order valence-corrected chi connectivity index (χ2v) is 8.50. The first-order valence-electron chi connectivity index (χ1n) is 10.5. The van der Waals surface area contributed by atoms with E-state index in [0.29, 0.717) is 12.3 Å². The average Bonchev–Trinajstić information content (AvgIpc) is 2.86. The SMILES string of the molecule is Oc1ccc(Sc2ccc(OCc3ccccc3)cc2Nc2ccnc3ncccc23)cc1. The molecule has 0 fully saturated rings. The summed E-state index contributed by atoms with van der Waals surface area (Å²) in [7, 11) is 0. The lowest BCUT2D eigenvalue weighted by molar-refractivity contribution is 0.306. The van der Waals surface area contributed by atoms with Crippen LogP contribution in [-0.2, 0) is 6.61 Å². The second kappa shape index (κ2) is 9.63. The van der Waals surface area contributed by atoms with Crippen molar-refractivity contribution in [3.05, 3.63) is 109 Å². The van der Waals surface area contributed by atoms with Gasteiger partial charge in [-0.3, -0.25) is 0 Å². The number of fused-ring (bicyclic) bond motifs is 1. The Labute approximate surface area is 196 Å². The van der Waals surface area contributed by atoms with E-state index in [9.17, 15) is 5.11 Å². The number of phenolic OH excluding ortho intramolecular Hbond substituents is 1. The van der Waals surface area contributed by atoms with Gasteiger partial charge in [0.1, 0.15) is 18.1 Å². The van der Waals surface area contributed by atoms with Gasteiger partial charge in [0, 0.05) is 33.6 Å². The van der Waals surface area contributed by atoms with E-state index in [-0.39, 0.29) is 5.75 Å². The molecule has 5 rings (SSSR count). The van der Waals surface area contributed by atoms with Gasteiger partial charge in [0.25, 0.3) is 0 Å². The van der Waals surface area contributed by atoms with E-state index >= 15 is 0 Å². The number of ether oxygens (including phenoxy) is 1. The third kappa shape index (κ3) is 5.07. The van der Waals surface area contributed by atoms with Crippen molar-refractivity contribution in [2.75, 3.05) is 5.32 Å². The Bertz CT molecular complexity index is 1370. The zero-order valence-corrected chi connectivity index (χ0v) is 18.5. The zero-order valence-electron chi connectivity index (χ0n) is 17.7. The Balaban J connectivity index is 1.47. The van der Waals surface area contributed by atoms with Crippen molar-refractivity contribution in [2.45, 2.75) is 16.4 Å². The largest absolute Gasteiger partial charge is 0.508 e. The molecular weight excluding hydrogens is 430 g/mol. The van der Waals surface area contributed by atoms with Gasteiger partial charge < -0.3 is 15.2 Å². The number of benzene rings is 3. The molecule has 0 spiro atoms. The maximum Gasteiger partial charge on any atom is 0.161 e. The van der Waals surface area contributed by atoms with Crippen LogP contribution < -0.4 is 10.1 Å². The first kappa shape index (κ1) is 20.8. The van der Waals surface area contributed by atoms with Crippen LogP contribution in [0.25, 0.3) is 11.0 Å². The summed E-state index contributed by atoms with van der Waals surface area (Å²) in [5, 5.41) is 14.1. The van der Waals surface area contributed by atoms with E-state index < -0.39 is 0 Å². The molecule has 0 saturated carbocycles. The predicted molar refractivity (Wildman–Crippen MR) is 132 cm³/mol. The summed E-state index contributed by atoms with van der Waals surface area (Å²) in [6, 6.07) is 29.1. The number of hydrogen-bond acceptors (Lipinski definition) is 6. The minimum atomic E-state index is 0.248. The fraction of sp³-hybridized carbons (Fsp3) is 0.0370. The smallest absolute Gasteiger partial charge is 0.161 e.